The third kappa shape index (κ3) is 2.99. The van der Waals surface area contributed by atoms with Crippen LogP contribution in [-0.4, -0.2) is 35.1 Å². The van der Waals surface area contributed by atoms with Gasteiger partial charge in [0.05, 0.1) is 6.10 Å². The monoisotopic (exact) mass is 245 g/mol. The van der Waals surface area contributed by atoms with Crippen molar-refractivity contribution in [1.29, 1.82) is 0 Å². The molecule has 1 saturated heterocycles. The summed E-state index contributed by atoms with van der Waals surface area (Å²) in [4.78, 5) is 13.6. The summed E-state index contributed by atoms with van der Waals surface area (Å²) in [5.74, 6) is -0.0217. The Hall–Kier alpha value is -1.61. The first-order valence-corrected chi connectivity index (χ1v) is 6.28. The molecule has 0 aliphatic carbocycles. The lowest BCUT2D eigenvalue weighted by atomic mass is 10.1. The summed E-state index contributed by atoms with van der Waals surface area (Å²) in [5, 5.41) is 9.39. The molecule has 1 aliphatic rings. The first kappa shape index (κ1) is 12.8. The summed E-state index contributed by atoms with van der Waals surface area (Å²) < 4.78 is 0. The summed E-state index contributed by atoms with van der Waals surface area (Å²) in [6.07, 6.45) is 3.77. The number of hydrogen-bond acceptors (Lipinski definition) is 2. The van der Waals surface area contributed by atoms with Crippen LogP contribution in [0.3, 0.4) is 0 Å². The number of rotatable bonds is 2. The van der Waals surface area contributed by atoms with Crippen molar-refractivity contribution in [3.05, 3.63) is 41.0 Å². The number of carbonyl (C=O) groups is 1. The maximum absolute atomic E-state index is 11.9. The second-order valence-corrected chi connectivity index (χ2v) is 4.92. The molecule has 1 heterocycles. The molecule has 96 valence electrons. The maximum atomic E-state index is 11.9. The SMILES string of the molecule is Cc1ccc(C=CC(=O)N2CC[C@H](O)C2)c(C)c1. The minimum atomic E-state index is -0.358. The Bertz CT molecular complexity index is 479. The normalized spacial score (nSPS) is 19.7. The van der Waals surface area contributed by atoms with Crippen LogP contribution in [0.25, 0.3) is 6.08 Å². The van der Waals surface area contributed by atoms with Crippen molar-refractivity contribution in [1.82, 2.24) is 4.90 Å². The van der Waals surface area contributed by atoms with Gasteiger partial charge in [0.2, 0.25) is 5.91 Å². The molecular weight excluding hydrogens is 226 g/mol. The Labute approximate surface area is 108 Å². The highest BCUT2D eigenvalue weighted by Gasteiger charge is 2.22. The van der Waals surface area contributed by atoms with E-state index in [0.717, 1.165) is 5.56 Å². The highest BCUT2D eigenvalue weighted by atomic mass is 16.3. The van der Waals surface area contributed by atoms with Crippen LogP contribution >= 0.6 is 0 Å². The fourth-order valence-corrected chi connectivity index (χ4v) is 2.22. The van der Waals surface area contributed by atoms with Crippen molar-refractivity contribution < 1.29 is 9.90 Å². The Morgan fingerprint density at radius 1 is 1.44 bits per heavy atom. The molecule has 0 bridgehead atoms. The average Bonchev–Trinajstić information content (AvgIpc) is 2.74. The lowest BCUT2D eigenvalue weighted by Crippen LogP contribution is -2.27. The quantitative estimate of drug-likeness (QED) is 0.809. The molecule has 2 rings (SSSR count). The molecule has 0 saturated carbocycles. The zero-order valence-corrected chi connectivity index (χ0v) is 10.9. The number of amides is 1. The van der Waals surface area contributed by atoms with Gasteiger partial charge in [-0.1, -0.05) is 23.8 Å². The Morgan fingerprint density at radius 2 is 2.22 bits per heavy atom. The molecule has 0 aromatic heterocycles. The number of likely N-dealkylation sites (tertiary alicyclic amines) is 1. The molecule has 0 radical (unpaired) electrons. The molecule has 1 atom stereocenters. The van der Waals surface area contributed by atoms with Crippen molar-refractivity contribution in [3.63, 3.8) is 0 Å². The molecule has 1 fully saturated rings. The lowest BCUT2D eigenvalue weighted by molar-refractivity contribution is -0.125. The number of hydrogen-bond donors (Lipinski definition) is 1. The van der Waals surface area contributed by atoms with Gasteiger partial charge in [0.25, 0.3) is 0 Å². The van der Waals surface area contributed by atoms with Crippen molar-refractivity contribution in [2.75, 3.05) is 13.1 Å². The standard InChI is InChI=1S/C15H19NO2/c1-11-3-4-13(12(2)9-11)5-6-15(18)16-8-7-14(17)10-16/h3-6,9,14,17H,7-8,10H2,1-2H3/t14-/m0/s1. The molecule has 1 aliphatic heterocycles. The molecule has 0 spiro atoms. The van der Waals surface area contributed by atoms with Crippen molar-refractivity contribution in [3.8, 4) is 0 Å². The number of benzene rings is 1. The zero-order valence-electron chi connectivity index (χ0n) is 10.9. The van der Waals surface area contributed by atoms with Gasteiger partial charge in [-0.05, 0) is 37.5 Å². The van der Waals surface area contributed by atoms with Crippen LogP contribution in [0.5, 0.6) is 0 Å². The van der Waals surface area contributed by atoms with Crippen LogP contribution < -0.4 is 0 Å². The van der Waals surface area contributed by atoms with E-state index >= 15 is 0 Å². The van der Waals surface area contributed by atoms with Crippen molar-refractivity contribution >= 4 is 12.0 Å². The molecule has 18 heavy (non-hydrogen) atoms. The number of aliphatic hydroxyl groups excluding tert-OH is 1. The first-order chi connectivity index (χ1) is 8.56. The molecule has 0 unspecified atom stereocenters. The Morgan fingerprint density at radius 3 is 2.83 bits per heavy atom. The third-order valence-electron chi connectivity index (χ3n) is 3.31. The van der Waals surface area contributed by atoms with Gasteiger partial charge in [0.15, 0.2) is 0 Å². The molecule has 3 heteroatoms. The van der Waals surface area contributed by atoms with Crippen LogP contribution in [-0.2, 0) is 4.79 Å². The molecular formula is C15H19NO2. The van der Waals surface area contributed by atoms with E-state index in [0.29, 0.717) is 19.5 Å². The molecule has 3 nitrogen and oxygen atoms in total. The minimum absolute atomic E-state index is 0.0217. The van der Waals surface area contributed by atoms with Crippen LogP contribution in [0.2, 0.25) is 0 Å². The van der Waals surface area contributed by atoms with E-state index in [-0.39, 0.29) is 12.0 Å². The zero-order chi connectivity index (χ0) is 13.1. The largest absolute Gasteiger partial charge is 0.391 e. The smallest absolute Gasteiger partial charge is 0.246 e. The van der Waals surface area contributed by atoms with Gasteiger partial charge < -0.3 is 10.0 Å². The van der Waals surface area contributed by atoms with E-state index in [1.165, 1.54) is 11.1 Å². The maximum Gasteiger partial charge on any atom is 0.246 e. The number of nitrogens with zero attached hydrogens (tertiary/aromatic N) is 1. The Kier molecular flexibility index (Phi) is 3.82. The van der Waals surface area contributed by atoms with E-state index in [9.17, 15) is 9.90 Å². The molecule has 1 amide bonds. The van der Waals surface area contributed by atoms with Gasteiger partial charge >= 0.3 is 0 Å². The number of carbonyl (C=O) groups excluding carboxylic acids is 1. The molecule has 1 aromatic rings. The van der Waals surface area contributed by atoms with Crippen molar-refractivity contribution in [2.24, 2.45) is 0 Å². The average molecular weight is 245 g/mol. The van der Waals surface area contributed by atoms with E-state index in [4.69, 9.17) is 0 Å². The van der Waals surface area contributed by atoms with E-state index in [2.05, 4.69) is 13.0 Å². The van der Waals surface area contributed by atoms with Crippen LogP contribution in [0.15, 0.2) is 24.3 Å². The summed E-state index contributed by atoms with van der Waals surface area (Å²) in [6.45, 7) is 5.20. The highest BCUT2D eigenvalue weighted by Crippen LogP contribution is 2.13. The van der Waals surface area contributed by atoms with E-state index < -0.39 is 0 Å². The minimum Gasteiger partial charge on any atom is -0.391 e. The number of aliphatic hydroxyl groups is 1. The fraction of sp³-hybridized carbons (Fsp3) is 0.400. The topological polar surface area (TPSA) is 40.5 Å². The van der Waals surface area contributed by atoms with Crippen LogP contribution in [0.1, 0.15) is 23.1 Å². The highest BCUT2D eigenvalue weighted by molar-refractivity contribution is 5.92. The predicted molar refractivity (Wildman–Crippen MR) is 72.2 cm³/mol. The lowest BCUT2D eigenvalue weighted by Gasteiger charge is -2.12. The van der Waals surface area contributed by atoms with Gasteiger partial charge in [-0.25, -0.2) is 0 Å². The summed E-state index contributed by atoms with van der Waals surface area (Å²) in [6, 6.07) is 6.16. The van der Waals surface area contributed by atoms with E-state index in [1.807, 2.05) is 25.1 Å². The van der Waals surface area contributed by atoms with Gasteiger partial charge in [-0.2, -0.15) is 0 Å². The first-order valence-electron chi connectivity index (χ1n) is 6.28. The number of β-amino-alcohol motifs (C(OH)–C–C–N with tert-alkyl or cyclic N) is 1. The predicted octanol–water partition coefficient (Wildman–Crippen LogP) is 1.91. The summed E-state index contributed by atoms with van der Waals surface area (Å²) >= 11 is 0. The van der Waals surface area contributed by atoms with Gasteiger partial charge in [0.1, 0.15) is 0 Å². The summed E-state index contributed by atoms with van der Waals surface area (Å²) in [7, 11) is 0. The van der Waals surface area contributed by atoms with Gasteiger partial charge in [0, 0.05) is 19.2 Å². The fourth-order valence-electron chi connectivity index (χ4n) is 2.22. The number of aryl methyl sites for hydroxylation is 2. The Balaban J connectivity index is 2.04. The van der Waals surface area contributed by atoms with Crippen LogP contribution in [0.4, 0.5) is 0 Å². The van der Waals surface area contributed by atoms with E-state index in [1.54, 1.807) is 11.0 Å². The second kappa shape index (κ2) is 5.36. The molecule has 1 N–H and O–H groups in total. The van der Waals surface area contributed by atoms with Crippen molar-refractivity contribution in [2.45, 2.75) is 26.4 Å². The third-order valence-corrected chi connectivity index (χ3v) is 3.31. The van der Waals surface area contributed by atoms with Gasteiger partial charge in [-0.3, -0.25) is 4.79 Å². The summed E-state index contributed by atoms with van der Waals surface area (Å²) in [5.41, 5.74) is 3.45. The van der Waals surface area contributed by atoms with Crippen LogP contribution in [0, 0.1) is 13.8 Å². The molecule has 1 aromatic carbocycles. The second-order valence-electron chi connectivity index (χ2n) is 4.92. The van der Waals surface area contributed by atoms with Gasteiger partial charge in [-0.15, -0.1) is 0 Å².